The van der Waals surface area contributed by atoms with Crippen LogP contribution in [0.3, 0.4) is 0 Å². The summed E-state index contributed by atoms with van der Waals surface area (Å²) >= 11 is 3.39. The Labute approximate surface area is 219 Å². The van der Waals surface area contributed by atoms with Gasteiger partial charge in [-0.1, -0.05) is 76.6 Å². The predicted molar refractivity (Wildman–Crippen MR) is 146 cm³/mol. The van der Waals surface area contributed by atoms with E-state index in [4.69, 9.17) is 4.74 Å². The second kappa shape index (κ2) is 10.5. The number of aromatic nitrogens is 2. The number of halogens is 1. The summed E-state index contributed by atoms with van der Waals surface area (Å²) in [5.41, 5.74) is 1.88. The summed E-state index contributed by atoms with van der Waals surface area (Å²) in [6.45, 7) is 0.117. The van der Waals surface area contributed by atoms with Crippen molar-refractivity contribution in [2.75, 3.05) is 0 Å². The molecule has 1 heterocycles. The molecule has 0 radical (unpaired) electrons. The molecular formula is C28H19BrN4O4. The third-order valence-corrected chi connectivity index (χ3v) is 6.14. The maximum atomic E-state index is 13.4. The third kappa shape index (κ3) is 5.17. The number of nitro benzene ring substituents is 1. The number of nitro groups is 1. The Bertz CT molecular complexity index is 1680. The first-order valence-electron chi connectivity index (χ1n) is 11.3. The summed E-state index contributed by atoms with van der Waals surface area (Å²) in [5, 5.41) is 16.6. The molecule has 5 aromatic rings. The van der Waals surface area contributed by atoms with Gasteiger partial charge in [-0.3, -0.25) is 14.9 Å². The largest absolute Gasteiger partial charge is 0.481 e. The van der Waals surface area contributed by atoms with Crippen LogP contribution < -0.4 is 10.3 Å². The fourth-order valence-corrected chi connectivity index (χ4v) is 4.07. The zero-order valence-corrected chi connectivity index (χ0v) is 20.9. The van der Waals surface area contributed by atoms with Crippen molar-refractivity contribution in [3.8, 4) is 17.1 Å². The van der Waals surface area contributed by atoms with Crippen molar-refractivity contribution >= 4 is 38.7 Å². The molecule has 0 aliphatic rings. The number of rotatable bonds is 7. The van der Waals surface area contributed by atoms with Crippen molar-refractivity contribution < 1.29 is 9.66 Å². The number of hydrogen-bond acceptors (Lipinski definition) is 6. The van der Waals surface area contributed by atoms with Crippen molar-refractivity contribution in [1.82, 2.24) is 9.66 Å². The molecule has 182 valence electrons. The van der Waals surface area contributed by atoms with Gasteiger partial charge >= 0.3 is 5.69 Å². The van der Waals surface area contributed by atoms with Crippen molar-refractivity contribution in [1.29, 1.82) is 0 Å². The van der Waals surface area contributed by atoms with Gasteiger partial charge in [-0.2, -0.15) is 9.78 Å². The SMILES string of the molecule is O=c1c2ccccc2nc(-c2ccccc2)n1N=Cc1cccc([N+](=O)[O-])c1OCc1ccc(Br)cc1. The van der Waals surface area contributed by atoms with E-state index in [1.165, 1.54) is 17.0 Å². The molecule has 9 heteroatoms. The molecule has 0 bridgehead atoms. The van der Waals surface area contributed by atoms with Crippen LogP contribution in [-0.4, -0.2) is 20.8 Å². The van der Waals surface area contributed by atoms with Gasteiger partial charge in [0.05, 0.1) is 22.0 Å². The maximum Gasteiger partial charge on any atom is 0.311 e. The van der Waals surface area contributed by atoms with Crippen LogP contribution in [0.15, 0.2) is 111 Å². The first kappa shape index (κ1) is 24.1. The van der Waals surface area contributed by atoms with Gasteiger partial charge in [-0.05, 0) is 35.9 Å². The van der Waals surface area contributed by atoms with Gasteiger partial charge in [0.25, 0.3) is 5.56 Å². The van der Waals surface area contributed by atoms with E-state index in [1.807, 2.05) is 60.7 Å². The van der Waals surface area contributed by atoms with E-state index in [-0.39, 0.29) is 23.6 Å². The lowest BCUT2D eigenvalue weighted by Gasteiger charge is -2.11. The Hall–Kier alpha value is -4.63. The van der Waals surface area contributed by atoms with E-state index in [2.05, 4.69) is 26.0 Å². The van der Waals surface area contributed by atoms with Crippen molar-refractivity contribution in [3.63, 3.8) is 0 Å². The molecule has 0 spiro atoms. The van der Waals surface area contributed by atoms with Crippen LogP contribution in [0, 0.1) is 10.1 Å². The zero-order chi connectivity index (χ0) is 25.8. The third-order valence-electron chi connectivity index (χ3n) is 5.62. The van der Waals surface area contributed by atoms with E-state index in [0.717, 1.165) is 10.0 Å². The number of fused-ring (bicyclic) bond motifs is 1. The molecule has 0 N–H and O–H groups in total. The summed E-state index contributed by atoms with van der Waals surface area (Å²) in [6.07, 6.45) is 1.38. The van der Waals surface area contributed by atoms with Crippen molar-refractivity contribution in [3.05, 3.63) is 133 Å². The molecule has 5 rings (SSSR count). The zero-order valence-electron chi connectivity index (χ0n) is 19.3. The van der Waals surface area contributed by atoms with Crippen molar-refractivity contribution in [2.45, 2.75) is 6.61 Å². The van der Waals surface area contributed by atoms with Gasteiger partial charge in [0.15, 0.2) is 5.82 Å². The molecule has 0 aliphatic heterocycles. The summed E-state index contributed by atoms with van der Waals surface area (Å²) < 4.78 is 8.03. The van der Waals surface area contributed by atoms with Crippen LogP contribution in [-0.2, 0) is 6.61 Å². The Morgan fingerprint density at radius 2 is 1.68 bits per heavy atom. The van der Waals surface area contributed by atoms with Crippen LogP contribution in [0.25, 0.3) is 22.3 Å². The maximum absolute atomic E-state index is 13.4. The lowest BCUT2D eigenvalue weighted by Crippen LogP contribution is -2.20. The summed E-state index contributed by atoms with van der Waals surface area (Å²) in [7, 11) is 0. The first-order valence-corrected chi connectivity index (χ1v) is 12.1. The van der Waals surface area contributed by atoms with E-state index in [0.29, 0.717) is 27.9 Å². The molecule has 0 fully saturated rings. The molecule has 4 aromatic carbocycles. The van der Waals surface area contributed by atoms with Gasteiger partial charge in [-0.25, -0.2) is 4.98 Å². The Morgan fingerprint density at radius 3 is 2.43 bits per heavy atom. The molecule has 37 heavy (non-hydrogen) atoms. The van der Waals surface area contributed by atoms with Gasteiger partial charge in [0, 0.05) is 21.7 Å². The average Bonchev–Trinajstić information content (AvgIpc) is 2.92. The van der Waals surface area contributed by atoms with Gasteiger partial charge in [-0.15, -0.1) is 0 Å². The van der Waals surface area contributed by atoms with E-state index < -0.39 is 4.92 Å². The molecule has 0 aliphatic carbocycles. The van der Waals surface area contributed by atoms with Gasteiger partial charge in [0.1, 0.15) is 6.61 Å². The topological polar surface area (TPSA) is 99.6 Å². The quantitative estimate of drug-likeness (QED) is 0.135. The summed E-state index contributed by atoms with van der Waals surface area (Å²) in [4.78, 5) is 29.3. The fourth-order valence-electron chi connectivity index (χ4n) is 3.81. The van der Waals surface area contributed by atoms with Gasteiger partial charge < -0.3 is 4.74 Å². The lowest BCUT2D eigenvalue weighted by atomic mass is 10.2. The normalized spacial score (nSPS) is 11.2. The second-order valence-electron chi connectivity index (χ2n) is 8.05. The summed E-state index contributed by atoms with van der Waals surface area (Å²) in [5.74, 6) is 0.408. The minimum atomic E-state index is -0.507. The molecule has 0 amide bonds. The Kier molecular flexibility index (Phi) is 6.87. The van der Waals surface area contributed by atoms with E-state index >= 15 is 0 Å². The molecular weight excluding hydrogens is 536 g/mol. The lowest BCUT2D eigenvalue weighted by molar-refractivity contribution is -0.385. The van der Waals surface area contributed by atoms with E-state index in [1.54, 1.807) is 30.3 Å². The highest BCUT2D eigenvalue weighted by Gasteiger charge is 2.19. The Balaban J connectivity index is 1.60. The average molecular weight is 555 g/mol. The van der Waals surface area contributed by atoms with Gasteiger partial charge in [0.2, 0.25) is 5.75 Å². The number of benzene rings is 4. The van der Waals surface area contributed by atoms with Crippen LogP contribution in [0.5, 0.6) is 5.75 Å². The molecule has 0 unspecified atom stereocenters. The smallest absolute Gasteiger partial charge is 0.311 e. The van der Waals surface area contributed by atoms with E-state index in [9.17, 15) is 14.9 Å². The summed E-state index contributed by atoms with van der Waals surface area (Å²) in [6, 6.07) is 28.3. The minimum absolute atomic E-state index is 0.0576. The molecule has 8 nitrogen and oxygen atoms in total. The minimum Gasteiger partial charge on any atom is -0.481 e. The number of nitrogens with zero attached hydrogens (tertiary/aromatic N) is 4. The molecule has 0 saturated heterocycles. The first-order chi connectivity index (χ1) is 18.0. The second-order valence-corrected chi connectivity index (χ2v) is 8.96. The number of para-hydroxylation sites is 2. The highest BCUT2D eigenvalue weighted by molar-refractivity contribution is 9.10. The van der Waals surface area contributed by atoms with Crippen molar-refractivity contribution in [2.24, 2.45) is 5.10 Å². The Morgan fingerprint density at radius 1 is 0.946 bits per heavy atom. The van der Waals surface area contributed by atoms with Crippen LogP contribution in [0.1, 0.15) is 11.1 Å². The van der Waals surface area contributed by atoms with Crippen LogP contribution in [0.2, 0.25) is 0 Å². The predicted octanol–water partition coefficient (Wildman–Crippen LogP) is 6.20. The van der Waals surface area contributed by atoms with Crippen LogP contribution >= 0.6 is 15.9 Å². The highest BCUT2D eigenvalue weighted by Crippen LogP contribution is 2.31. The highest BCUT2D eigenvalue weighted by atomic mass is 79.9. The standard InChI is InChI=1S/C28H19BrN4O4/c29-22-15-13-19(14-16-22)18-37-26-21(9-6-12-25(26)33(35)36)17-30-32-27(20-7-2-1-3-8-20)31-24-11-5-4-10-23(24)28(32)34/h1-17H,18H2. The number of ether oxygens (including phenoxy) is 1. The monoisotopic (exact) mass is 554 g/mol. The fraction of sp³-hybridized carbons (Fsp3) is 0.0357. The molecule has 0 atom stereocenters. The molecule has 1 aromatic heterocycles. The number of hydrogen-bond donors (Lipinski definition) is 0. The van der Waals surface area contributed by atoms with Crippen LogP contribution in [0.4, 0.5) is 5.69 Å². The molecule has 0 saturated carbocycles.